The Bertz CT molecular complexity index is 645. The smallest absolute Gasteiger partial charge is 0.352 e. The fourth-order valence-electron chi connectivity index (χ4n) is 1.57. The molecule has 0 atom stereocenters. The molecule has 0 amide bonds. The molecule has 118 valence electrons. The fourth-order valence-corrected chi connectivity index (χ4v) is 2.65. The van der Waals surface area contributed by atoms with Gasteiger partial charge in [0.15, 0.2) is 5.69 Å². The van der Waals surface area contributed by atoms with E-state index in [0.717, 1.165) is 27.2 Å². The number of benzene rings is 1. The summed E-state index contributed by atoms with van der Waals surface area (Å²) in [7, 11) is 0. The van der Waals surface area contributed by atoms with Crippen LogP contribution in [0.2, 0.25) is 0 Å². The number of rotatable bonds is 4. The van der Waals surface area contributed by atoms with Gasteiger partial charge in [-0.3, -0.25) is 0 Å². The van der Waals surface area contributed by atoms with Gasteiger partial charge in [-0.05, 0) is 38.1 Å². The van der Waals surface area contributed by atoms with Gasteiger partial charge in [-0.25, -0.2) is 9.97 Å². The summed E-state index contributed by atoms with van der Waals surface area (Å²) in [6.45, 7) is 3.62. The summed E-state index contributed by atoms with van der Waals surface area (Å²) < 4.78 is 39.7. The average molecular weight is 392 g/mol. The minimum Gasteiger partial charge on any atom is -0.352 e. The molecule has 22 heavy (non-hydrogen) atoms. The minimum absolute atomic E-state index is 0.0237. The molecule has 0 saturated heterocycles. The number of aromatic nitrogens is 2. The number of nitrogens with one attached hydrogen (secondary N) is 1. The van der Waals surface area contributed by atoms with Gasteiger partial charge in [0.1, 0.15) is 5.03 Å². The molecule has 0 saturated carbocycles. The molecule has 1 N–H and O–H groups in total. The summed E-state index contributed by atoms with van der Waals surface area (Å²) in [5.74, 6) is -0.0237. The van der Waals surface area contributed by atoms with E-state index in [2.05, 4.69) is 31.2 Å². The first kappa shape index (κ1) is 17.1. The van der Waals surface area contributed by atoms with Gasteiger partial charge in [0, 0.05) is 21.5 Å². The van der Waals surface area contributed by atoms with E-state index in [9.17, 15) is 13.2 Å². The molecule has 0 bridgehead atoms. The zero-order valence-electron chi connectivity index (χ0n) is 11.8. The van der Waals surface area contributed by atoms with Crippen molar-refractivity contribution < 1.29 is 13.2 Å². The lowest BCUT2D eigenvalue weighted by Gasteiger charge is -2.13. The van der Waals surface area contributed by atoms with Crippen molar-refractivity contribution in [3.63, 3.8) is 0 Å². The van der Waals surface area contributed by atoms with E-state index >= 15 is 0 Å². The van der Waals surface area contributed by atoms with Crippen molar-refractivity contribution >= 4 is 33.6 Å². The molecule has 0 fully saturated rings. The summed E-state index contributed by atoms with van der Waals surface area (Å²) >= 11 is 4.47. The summed E-state index contributed by atoms with van der Waals surface area (Å²) in [6.07, 6.45) is -4.51. The number of anilines is 1. The molecular weight excluding hydrogens is 379 g/mol. The minimum atomic E-state index is -4.51. The van der Waals surface area contributed by atoms with E-state index in [0.29, 0.717) is 0 Å². The topological polar surface area (TPSA) is 37.8 Å². The van der Waals surface area contributed by atoms with Gasteiger partial charge in [0.05, 0.1) is 0 Å². The first-order valence-electron chi connectivity index (χ1n) is 6.40. The number of halogens is 4. The summed E-state index contributed by atoms with van der Waals surface area (Å²) in [6, 6.07) is 8.15. The van der Waals surface area contributed by atoms with Gasteiger partial charge in [-0.1, -0.05) is 27.7 Å². The van der Waals surface area contributed by atoms with E-state index in [1.807, 2.05) is 26.0 Å². The third kappa shape index (κ3) is 4.88. The van der Waals surface area contributed by atoms with Gasteiger partial charge in [-0.2, -0.15) is 13.2 Å². The Kier molecular flexibility index (Phi) is 5.33. The monoisotopic (exact) mass is 391 g/mol. The number of hydrogen-bond donors (Lipinski definition) is 1. The molecule has 0 aliphatic carbocycles. The molecule has 2 rings (SSSR count). The Hall–Kier alpha value is -1.28. The standard InChI is InChI=1S/C14H13BrF3N3S/c1-8(2)19-13-20-11(14(16,17)18)7-12(21-13)22-10-5-3-9(15)4-6-10/h3-8H,1-2H3,(H,19,20,21). The average Bonchev–Trinajstić information content (AvgIpc) is 2.39. The molecule has 1 aromatic heterocycles. The molecule has 0 radical (unpaired) electrons. The fraction of sp³-hybridized carbons (Fsp3) is 0.286. The van der Waals surface area contributed by atoms with Gasteiger partial charge in [0.25, 0.3) is 0 Å². The van der Waals surface area contributed by atoms with Crippen LogP contribution in [0.4, 0.5) is 19.1 Å². The van der Waals surface area contributed by atoms with Crippen molar-refractivity contribution in [3.05, 3.63) is 40.5 Å². The predicted molar refractivity (Wildman–Crippen MR) is 84.1 cm³/mol. The van der Waals surface area contributed by atoms with E-state index in [1.165, 1.54) is 0 Å². The number of hydrogen-bond acceptors (Lipinski definition) is 4. The van der Waals surface area contributed by atoms with Crippen LogP contribution >= 0.6 is 27.7 Å². The second kappa shape index (κ2) is 6.87. The molecule has 0 aliphatic rings. The van der Waals surface area contributed by atoms with Gasteiger partial charge >= 0.3 is 6.18 Å². The maximum Gasteiger partial charge on any atom is 0.433 e. The molecular formula is C14H13BrF3N3S. The zero-order chi connectivity index (χ0) is 16.3. The van der Waals surface area contributed by atoms with Gasteiger partial charge in [-0.15, -0.1) is 0 Å². The van der Waals surface area contributed by atoms with Crippen LogP contribution in [0.15, 0.2) is 44.7 Å². The molecule has 2 aromatic rings. The molecule has 8 heteroatoms. The second-order valence-electron chi connectivity index (χ2n) is 4.77. The molecule has 1 heterocycles. The molecule has 0 unspecified atom stereocenters. The van der Waals surface area contributed by atoms with Gasteiger partial charge < -0.3 is 5.32 Å². The maximum absolute atomic E-state index is 12.9. The van der Waals surface area contributed by atoms with E-state index in [-0.39, 0.29) is 17.0 Å². The van der Waals surface area contributed by atoms with Gasteiger partial charge in [0.2, 0.25) is 5.95 Å². The highest BCUT2D eigenvalue weighted by Crippen LogP contribution is 2.33. The zero-order valence-corrected chi connectivity index (χ0v) is 14.2. The van der Waals surface area contributed by atoms with Crippen molar-refractivity contribution in [3.8, 4) is 0 Å². The van der Waals surface area contributed by atoms with E-state index in [4.69, 9.17) is 0 Å². The highest BCUT2D eigenvalue weighted by Gasteiger charge is 2.33. The maximum atomic E-state index is 12.9. The largest absolute Gasteiger partial charge is 0.433 e. The Balaban J connectivity index is 2.34. The van der Waals surface area contributed by atoms with Crippen molar-refractivity contribution in [2.45, 2.75) is 36.0 Å². The van der Waals surface area contributed by atoms with E-state index in [1.54, 1.807) is 12.1 Å². The van der Waals surface area contributed by atoms with Crippen LogP contribution in [-0.2, 0) is 6.18 Å². The van der Waals surface area contributed by atoms with E-state index < -0.39 is 11.9 Å². The normalized spacial score (nSPS) is 11.8. The third-order valence-electron chi connectivity index (χ3n) is 2.45. The summed E-state index contributed by atoms with van der Waals surface area (Å²) in [5, 5.41) is 3.05. The highest BCUT2D eigenvalue weighted by molar-refractivity contribution is 9.10. The first-order valence-corrected chi connectivity index (χ1v) is 8.01. The second-order valence-corrected chi connectivity index (χ2v) is 6.78. The Labute approximate surface area is 138 Å². The summed E-state index contributed by atoms with van der Waals surface area (Å²) in [4.78, 5) is 8.46. The van der Waals surface area contributed by atoms with Crippen molar-refractivity contribution in [1.82, 2.24) is 9.97 Å². The van der Waals surface area contributed by atoms with Crippen molar-refractivity contribution in [2.75, 3.05) is 5.32 Å². The predicted octanol–water partition coefficient (Wildman–Crippen LogP) is 5.23. The Morgan fingerprint density at radius 3 is 2.32 bits per heavy atom. The number of nitrogens with zero attached hydrogens (tertiary/aromatic N) is 2. The van der Waals surface area contributed by atoms with Crippen LogP contribution < -0.4 is 5.32 Å². The Morgan fingerprint density at radius 1 is 1.14 bits per heavy atom. The lowest BCUT2D eigenvalue weighted by Crippen LogP contribution is -2.16. The molecule has 3 nitrogen and oxygen atoms in total. The molecule has 0 spiro atoms. The van der Waals surface area contributed by atoms with Crippen LogP contribution in [-0.4, -0.2) is 16.0 Å². The van der Waals surface area contributed by atoms with Crippen LogP contribution in [0.25, 0.3) is 0 Å². The Morgan fingerprint density at radius 2 is 1.77 bits per heavy atom. The highest BCUT2D eigenvalue weighted by atomic mass is 79.9. The van der Waals surface area contributed by atoms with Crippen LogP contribution in [0.1, 0.15) is 19.5 Å². The molecule has 0 aliphatic heterocycles. The first-order chi connectivity index (χ1) is 10.2. The van der Waals surface area contributed by atoms with Crippen LogP contribution in [0.3, 0.4) is 0 Å². The lowest BCUT2D eigenvalue weighted by molar-refractivity contribution is -0.141. The quantitative estimate of drug-likeness (QED) is 0.724. The summed E-state index contributed by atoms with van der Waals surface area (Å²) in [5.41, 5.74) is -0.953. The third-order valence-corrected chi connectivity index (χ3v) is 3.90. The van der Waals surface area contributed by atoms with Crippen molar-refractivity contribution in [1.29, 1.82) is 0 Å². The van der Waals surface area contributed by atoms with Crippen LogP contribution in [0.5, 0.6) is 0 Å². The SMILES string of the molecule is CC(C)Nc1nc(Sc2ccc(Br)cc2)cc(C(F)(F)F)n1. The lowest BCUT2D eigenvalue weighted by atomic mass is 10.4. The molecule has 1 aromatic carbocycles. The van der Waals surface area contributed by atoms with Crippen LogP contribution in [0, 0.1) is 0 Å². The number of alkyl halides is 3. The van der Waals surface area contributed by atoms with Crippen molar-refractivity contribution in [2.24, 2.45) is 0 Å².